The van der Waals surface area contributed by atoms with E-state index in [0.29, 0.717) is 10.9 Å². The number of benzene rings is 2. The first kappa shape index (κ1) is 35.3. The number of ether oxygens (including phenoxy) is 2. The zero-order valence-corrected chi connectivity index (χ0v) is 27.5. The van der Waals surface area contributed by atoms with Gasteiger partial charge < -0.3 is 19.7 Å². The minimum absolute atomic E-state index is 0.0247. The molecule has 9 nitrogen and oxygen atoms in total. The maximum atomic E-state index is 15.0. The van der Waals surface area contributed by atoms with E-state index in [1.807, 2.05) is 0 Å². The first-order valence-electron chi connectivity index (χ1n) is 15.1. The van der Waals surface area contributed by atoms with Gasteiger partial charge in [-0.15, -0.1) is 0 Å². The number of rotatable bonds is 11. The van der Waals surface area contributed by atoms with E-state index in [0.717, 1.165) is 18.2 Å². The van der Waals surface area contributed by atoms with E-state index < -0.39 is 63.2 Å². The van der Waals surface area contributed by atoms with Gasteiger partial charge in [0.05, 0.1) is 33.6 Å². The molecule has 0 spiro atoms. The molecule has 1 aliphatic rings. The molecule has 256 valence electrons. The number of aromatic nitrogens is 2. The molecule has 3 heterocycles. The fraction of sp³-hybridized carbons (Fsp3) is 0.382. The second kappa shape index (κ2) is 13.1. The second-order valence-electron chi connectivity index (χ2n) is 12.7. The smallest absolute Gasteiger partial charge is 0.422 e. The van der Waals surface area contributed by atoms with Crippen molar-refractivity contribution in [3.63, 3.8) is 0 Å². The fourth-order valence-corrected chi connectivity index (χ4v) is 6.16. The summed E-state index contributed by atoms with van der Waals surface area (Å²) in [6.07, 6.45) is -5.63. The third-order valence-electron chi connectivity index (χ3n) is 8.01. The summed E-state index contributed by atoms with van der Waals surface area (Å²) in [5.74, 6) is -1.04. The van der Waals surface area contributed by atoms with Crippen molar-refractivity contribution in [1.82, 2.24) is 14.7 Å². The van der Waals surface area contributed by atoms with Crippen LogP contribution in [0.2, 0.25) is 0 Å². The number of halogens is 4. The Labute approximate surface area is 276 Å². The summed E-state index contributed by atoms with van der Waals surface area (Å²) in [6.45, 7) is 6.26. The molecule has 0 fully saturated rings. The average Bonchev–Trinajstić information content (AvgIpc) is 3.36. The number of fused-ring (bicyclic) bond motifs is 2. The number of nitrogens with zero attached hydrogens (tertiary/aromatic N) is 2. The first-order chi connectivity index (χ1) is 22.5. The van der Waals surface area contributed by atoms with Crippen LogP contribution in [-0.2, 0) is 22.1 Å². The summed E-state index contributed by atoms with van der Waals surface area (Å²) in [4.78, 5) is 21.9. The summed E-state index contributed by atoms with van der Waals surface area (Å²) < 4.78 is 85.5. The molecule has 48 heavy (non-hydrogen) atoms. The lowest BCUT2D eigenvalue weighted by Gasteiger charge is -2.32. The average molecular weight is 690 g/mol. The van der Waals surface area contributed by atoms with Crippen molar-refractivity contribution < 1.29 is 46.3 Å². The number of Topliss-reactive ketones (excluding diaryl/α,β-unsaturated/α-hetero) is 1. The number of aliphatic hydroxyl groups excluding tert-OH is 1. The molecular formula is C34H35F4N3O6S. The number of carbonyl (C=O) groups is 1. The van der Waals surface area contributed by atoms with E-state index in [2.05, 4.69) is 14.7 Å². The lowest BCUT2D eigenvalue weighted by molar-refractivity contribution is -0.270. The maximum Gasteiger partial charge on any atom is 0.422 e. The van der Waals surface area contributed by atoms with Crippen molar-refractivity contribution in [2.45, 2.75) is 62.6 Å². The standard InChI is InChI=1S/C34H35F4N3O6S/c1-31(2,3)48(45)41-32(4)19-47-30-24(32)18-27(40-29(30)20-7-9-23(35)10-8-20)33(44,34(36,37)38)12-11-25(43)22-16-21-6-5-13-39-28(21)26(17-22)46-15-14-42/h5-10,13,16-18,41-42,44H,11-12,14-15,19H2,1-4H3/t32-,33-,48?/m1/s1. The molecule has 0 bridgehead atoms. The molecule has 3 atom stereocenters. The number of carbonyl (C=O) groups excluding carboxylic acids is 1. The second-order valence-corrected chi connectivity index (χ2v) is 14.7. The molecular weight excluding hydrogens is 654 g/mol. The summed E-state index contributed by atoms with van der Waals surface area (Å²) in [6, 6.07) is 12.0. The van der Waals surface area contributed by atoms with Crippen molar-refractivity contribution in [2.24, 2.45) is 0 Å². The normalized spacial score (nSPS) is 18.2. The van der Waals surface area contributed by atoms with Gasteiger partial charge in [0.25, 0.3) is 0 Å². The molecule has 0 amide bonds. The van der Waals surface area contributed by atoms with Crippen LogP contribution < -0.4 is 14.2 Å². The summed E-state index contributed by atoms with van der Waals surface area (Å²) in [7, 11) is -1.68. The fourth-order valence-electron chi connectivity index (χ4n) is 5.28. The van der Waals surface area contributed by atoms with Crippen molar-refractivity contribution in [3.05, 3.63) is 83.4 Å². The van der Waals surface area contributed by atoms with Crippen LogP contribution in [0.25, 0.3) is 22.2 Å². The Hall–Kier alpha value is -3.98. The molecule has 14 heteroatoms. The highest BCUT2D eigenvalue weighted by molar-refractivity contribution is 7.84. The van der Waals surface area contributed by atoms with Crippen molar-refractivity contribution >= 4 is 27.7 Å². The van der Waals surface area contributed by atoms with Crippen LogP contribution in [0.3, 0.4) is 0 Å². The van der Waals surface area contributed by atoms with Gasteiger partial charge in [-0.25, -0.2) is 18.3 Å². The van der Waals surface area contributed by atoms with Gasteiger partial charge in [0.2, 0.25) is 5.60 Å². The molecule has 0 saturated heterocycles. The number of hydrogen-bond acceptors (Lipinski definition) is 8. The Bertz CT molecular complexity index is 1870. The Morgan fingerprint density at radius 1 is 1.12 bits per heavy atom. The Balaban J connectivity index is 1.58. The molecule has 1 aliphatic heterocycles. The minimum atomic E-state index is -5.30. The number of ketones is 1. The van der Waals surface area contributed by atoms with Crippen LogP contribution in [0.4, 0.5) is 17.6 Å². The first-order valence-corrected chi connectivity index (χ1v) is 16.2. The molecule has 0 saturated carbocycles. The molecule has 4 aromatic rings. The largest absolute Gasteiger partial charge is 0.489 e. The molecule has 0 radical (unpaired) electrons. The van der Waals surface area contributed by atoms with Crippen LogP contribution in [0.1, 0.15) is 62.2 Å². The summed E-state index contributed by atoms with van der Waals surface area (Å²) >= 11 is 0. The Kier molecular flexibility index (Phi) is 9.67. The molecule has 1 unspecified atom stereocenters. The monoisotopic (exact) mass is 689 g/mol. The number of nitrogens with one attached hydrogen (secondary N) is 1. The maximum absolute atomic E-state index is 15.0. The van der Waals surface area contributed by atoms with Crippen LogP contribution >= 0.6 is 0 Å². The van der Waals surface area contributed by atoms with Gasteiger partial charge >= 0.3 is 6.18 Å². The van der Waals surface area contributed by atoms with E-state index in [9.17, 15) is 36.8 Å². The molecule has 2 aromatic carbocycles. The van der Waals surface area contributed by atoms with E-state index in [-0.39, 0.29) is 53.7 Å². The van der Waals surface area contributed by atoms with E-state index in [4.69, 9.17) is 9.47 Å². The highest BCUT2D eigenvalue weighted by atomic mass is 32.2. The molecule has 5 rings (SSSR count). The number of hydrogen-bond donors (Lipinski definition) is 3. The summed E-state index contributed by atoms with van der Waals surface area (Å²) in [5.41, 5.74) is -4.98. The van der Waals surface area contributed by atoms with Gasteiger partial charge in [0, 0.05) is 34.7 Å². The third-order valence-corrected chi connectivity index (χ3v) is 9.76. The van der Waals surface area contributed by atoms with Crippen LogP contribution in [0, 0.1) is 5.82 Å². The van der Waals surface area contributed by atoms with Crippen LogP contribution in [0.15, 0.2) is 60.8 Å². The lowest BCUT2D eigenvalue weighted by atomic mass is 9.86. The highest BCUT2D eigenvalue weighted by Gasteiger charge is 2.57. The zero-order valence-electron chi connectivity index (χ0n) is 26.7. The van der Waals surface area contributed by atoms with Crippen LogP contribution in [0.5, 0.6) is 11.5 Å². The SMILES string of the molecule is CC(C)(C)S(=O)N[C@]1(C)COc2c1cc([C@](O)(CCC(=O)c1cc(OCCO)c3ncccc3c1)C(F)(F)F)nc2-c1ccc(F)cc1. The van der Waals surface area contributed by atoms with E-state index in [1.54, 1.807) is 39.8 Å². The molecule has 0 aliphatic carbocycles. The van der Waals surface area contributed by atoms with Crippen LogP contribution in [-0.4, -0.2) is 60.9 Å². The van der Waals surface area contributed by atoms with E-state index in [1.165, 1.54) is 30.5 Å². The molecule has 2 aromatic heterocycles. The quantitative estimate of drug-likeness (QED) is 0.132. The van der Waals surface area contributed by atoms with Crippen molar-refractivity contribution in [1.29, 1.82) is 0 Å². The van der Waals surface area contributed by atoms with Crippen molar-refractivity contribution in [3.8, 4) is 22.8 Å². The topological polar surface area (TPSA) is 131 Å². The predicted octanol–water partition coefficient (Wildman–Crippen LogP) is 5.88. The Morgan fingerprint density at radius 2 is 1.83 bits per heavy atom. The van der Waals surface area contributed by atoms with Gasteiger partial charge in [-0.05, 0) is 82.6 Å². The number of aliphatic hydroxyl groups is 2. The minimum Gasteiger partial charge on any atom is -0.489 e. The van der Waals surface area contributed by atoms with Gasteiger partial charge in [0.1, 0.15) is 36.0 Å². The van der Waals surface area contributed by atoms with Gasteiger partial charge in [-0.1, -0.05) is 6.07 Å². The van der Waals surface area contributed by atoms with Gasteiger partial charge in [0.15, 0.2) is 11.5 Å². The number of alkyl halides is 3. The number of pyridine rings is 2. The summed E-state index contributed by atoms with van der Waals surface area (Å²) in [5, 5.41) is 21.2. The van der Waals surface area contributed by atoms with Crippen molar-refractivity contribution in [2.75, 3.05) is 19.8 Å². The highest BCUT2D eigenvalue weighted by Crippen LogP contribution is 2.49. The van der Waals surface area contributed by atoms with Gasteiger partial charge in [-0.3, -0.25) is 9.78 Å². The van der Waals surface area contributed by atoms with E-state index >= 15 is 0 Å². The zero-order chi connectivity index (χ0) is 35.1. The third kappa shape index (κ3) is 6.93. The molecule has 3 N–H and O–H groups in total. The predicted molar refractivity (Wildman–Crippen MR) is 171 cm³/mol. The lowest BCUT2D eigenvalue weighted by Crippen LogP contribution is -2.47. The Morgan fingerprint density at radius 3 is 2.48 bits per heavy atom. The van der Waals surface area contributed by atoms with Gasteiger partial charge in [-0.2, -0.15) is 13.2 Å².